The van der Waals surface area contributed by atoms with E-state index in [1.807, 2.05) is 12.1 Å². The molecule has 0 aromatic heterocycles. The van der Waals surface area contributed by atoms with Crippen LogP contribution < -0.4 is 10.1 Å². The molecule has 1 atom stereocenters. The van der Waals surface area contributed by atoms with E-state index in [4.69, 9.17) is 9.47 Å². The molecule has 1 aromatic carbocycles. The first-order valence-electron chi connectivity index (χ1n) is 5.74. The minimum absolute atomic E-state index is 0.125. The van der Waals surface area contributed by atoms with Crippen molar-refractivity contribution in [3.05, 3.63) is 29.8 Å². The van der Waals surface area contributed by atoms with E-state index >= 15 is 0 Å². The van der Waals surface area contributed by atoms with Gasteiger partial charge in [0.15, 0.2) is 0 Å². The Bertz CT molecular complexity index is 450. The maximum absolute atomic E-state index is 11.7. The molecule has 1 amide bonds. The van der Waals surface area contributed by atoms with Gasteiger partial charge < -0.3 is 14.8 Å². The lowest BCUT2D eigenvalue weighted by atomic mass is 10.2. The van der Waals surface area contributed by atoms with Gasteiger partial charge >= 0.3 is 5.97 Å². The van der Waals surface area contributed by atoms with Crippen molar-refractivity contribution in [2.45, 2.75) is 19.6 Å². The molecular formula is C13H17NO4S. The minimum atomic E-state index is -0.730. The summed E-state index contributed by atoms with van der Waals surface area (Å²) in [5, 5.41) is 2.47. The lowest BCUT2D eigenvalue weighted by Gasteiger charge is -2.14. The van der Waals surface area contributed by atoms with Crippen LogP contribution in [0.5, 0.6) is 5.75 Å². The second-order valence-electron chi connectivity index (χ2n) is 3.89. The Morgan fingerprint density at radius 1 is 1.42 bits per heavy atom. The van der Waals surface area contributed by atoms with E-state index in [9.17, 15) is 9.59 Å². The number of hydrogen-bond acceptors (Lipinski definition) is 5. The van der Waals surface area contributed by atoms with E-state index in [0.717, 1.165) is 5.56 Å². The van der Waals surface area contributed by atoms with Gasteiger partial charge in [0.1, 0.15) is 18.4 Å². The summed E-state index contributed by atoms with van der Waals surface area (Å²) in [4.78, 5) is 22.6. The molecule has 6 heteroatoms. The second-order valence-corrected chi connectivity index (χ2v) is 4.26. The highest BCUT2D eigenvalue weighted by molar-refractivity contribution is 7.80. The van der Waals surface area contributed by atoms with Gasteiger partial charge in [-0.2, -0.15) is 12.6 Å². The topological polar surface area (TPSA) is 64.6 Å². The van der Waals surface area contributed by atoms with Crippen LogP contribution in [0.2, 0.25) is 0 Å². The predicted octanol–water partition coefficient (Wildman–Crippen LogP) is 1.17. The fourth-order valence-electron chi connectivity index (χ4n) is 1.44. The number of thiol groups is 1. The van der Waals surface area contributed by atoms with Crippen molar-refractivity contribution in [1.82, 2.24) is 5.32 Å². The summed E-state index contributed by atoms with van der Waals surface area (Å²) in [5.41, 5.74) is 0.813. The summed E-state index contributed by atoms with van der Waals surface area (Å²) in [6, 6.07) is 6.49. The standard InChI is InChI=1S/C13H17NO4S/c1-9(15)14-12(8-19)13(16)18-7-10-4-3-5-11(6-10)17-2/h3-6,12,19H,7-8H2,1-2H3,(H,14,15). The molecule has 0 heterocycles. The van der Waals surface area contributed by atoms with Gasteiger partial charge in [0.05, 0.1) is 7.11 Å². The average Bonchev–Trinajstić information content (AvgIpc) is 2.42. The van der Waals surface area contributed by atoms with Crippen LogP contribution in [0.4, 0.5) is 0 Å². The normalized spacial score (nSPS) is 11.5. The third kappa shape index (κ3) is 5.21. The van der Waals surface area contributed by atoms with Gasteiger partial charge in [-0.15, -0.1) is 0 Å². The monoisotopic (exact) mass is 283 g/mol. The van der Waals surface area contributed by atoms with Crippen molar-refractivity contribution in [2.24, 2.45) is 0 Å². The van der Waals surface area contributed by atoms with Crippen molar-refractivity contribution in [2.75, 3.05) is 12.9 Å². The lowest BCUT2D eigenvalue weighted by molar-refractivity contribution is -0.148. The maximum Gasteiger partial charge on any atom is 0.329 e. The van der Waals surface area contributed by atoms with E-state index in [1.165, 1.54) is 6.92 Å². The zero-order valence-electron chi connectivity index (χ0n) is 10.9. The molecule has 0 bridgehead atoms. The van der Waals surface area contributed by atoms with E-state index < -0.39 is 12.0 Å². The minimum Gasteiger partial charge on any atom is -0.497 e. The van der Waals surface area contributed by atoms with Crippen molar-refractivity contribution >= 4 is 24.5 Å². The number of carbonyl (C=O) groups is 2. The number of hydrogen-bond donors (Lipinski definition) is 2. The quantitative estimate of drug-likeness (QED) is 0.608. The molecule has 19 heavy (non-hydrogen) atoms. The Morgan fingerprint density at radius 2 is 2.16 bits per heavy atom. The molecule has 5 nitrogen and oxygen atoms in total. The number of nitrogens with one attached hydrogen (secondary N) is 1. The van der Waals surface area contributed by atoms with E-state index in [-0.39, 0.29) is 18.3 Å². The van der Waals surface area contributed by atoms with E-state index in [0.29, 0.717) is 5.75 Å². The molecular weight excluding hydrogens is 266 g/mol. The summed E-state index contributed by atoms with van der Waals surface area (Å²) >= 11 is 4.01. The first-order valence-corrected chi connectivity index (χ1v) is 6.37. The highest BCUT2D eigenvalue weighted by Crippen LogP contribution is 2.13. The number of amides is 1. The first kappa shape index (κ1) is 15.4. The lowest BCUT2D eigenvalue weighted by Crippen LogP contribution is -2.42. The van der Waals surface area contributed by atoms with Gasteiger partial charge in [-0.3, -0.25) is 4.79 Å². The number of carbonyl (C=O) groups excluding carboxylic acids is 2. The Labute approximate surface area is 117 Å². The largest absolute Gasteiger partial charge is 0.497 e. The smallest absolute Gasteiger partial charge is 0.329 e. The van der Waals surface area contributed by atoms with Crippen molar-refractivity contribution in [3.8, 4) is 5.75 Å². The molecule has 0 radical (unpaired) electrons. The summed E-state index contributed by atoms with van der Waals surface area (Å²) in [7, 11) is 1.57. The van der Waals surface area contributed by atoms with Gasteiger partial charge in [-0.05, 0) is 17.7 Å². The zero-order chi connectivity index (χ0) is 14.3. The molecule has 0 saturated carbocycles. The summed E-state index contributed by atoms with van der Waals surface area (Å²) in [6.45, 7) is 1.46. The zero-order valence-corrected chi connectivity index (χ0v) is 11.8. The second kappa shape index (κ2) is 7.68. The SMILES string of the molecule is COc1cccc(COC(=O)C(CS)NC(C)=O)c1. The molecule has 1 rings (SSSR count). The van der Waals surface area contributed by atoms with Gasteiger partial charge in [0.2, 0.25) is 5.91 Å². The van der Waals surface area contributed by atoms with Crippen LogP contribution in [-0.4, -0.2) is 30.8 Å². The molecule has 0 aliphatic heterocycles. The van der Waals surface area contributed by atoms with Crippen LogP contribution >= 0.6 is 12.6 Å². The van der Waals surface area contributed by atoms with E-state index in [2.05, 4.69) is 17.9 Å². The summed E-state index contributed by atoms with van der Waals surface area (Å²) < 4.78 is 10.2. The summed E-state index contributed by atoms with van der Waals surface area (Å²) in [5.74, 6) is 0.0860. The summed E-state index contributed by atoms with van der Waals surface area (Å²) in [6.07, 6.45) is 0. The number of esters is 1. The van der Waals surface area contributed by atoms with Crippen LogP contribution in [0.25, 0.3) is 0 Å². The highest BCUT2D eigenvalue weighted by Gasteiger charge is 2.19. The number of methoxy groups -OCH3 is 1. The van der Waals surface area contributed by atoms with E-state index in [1.54, 1.807) is 19.2 Å². The fourth-order valence-corrected chi connectivity index (χ4v) is 1.68. The van der Waals surface area contributed by atoms with Crippen LogP contribution in [0, 0.1) is 0 Å². The molecule has 1 unspecified atom stereocenters. The molecule has 104 valence electrons. The van der Waals surface area contributed by atoms with Crippen LogP contribution in [0.1, 0.15) is 12.5 Å². The third-order valence-electron chi connectivity index (χ3n) is 2.36. The average molecular weight is 283 g/mol. The number of ether oxygens (including phenoxy) is 2. The van der Waals surface area contributed by atoms with Gasteiger partial charge in [-0.25, -0.2) is 4.79 Å². The third-order valence-corrected chi connectivity index (χ3v) is 2.72. The molecule has 0 aliphatic rings. The Morgan fingerprint density at radius 3 is 2.74 bits per heavy atom. The molecule has 0 spiro atoms. The van der Waals surface area contributed by atoms with Gasteiger partial charge in [-0.1, -0.05) is 12.1 Å². The van der Waals surface area contributed by atoms with Gasteiger partial charge in [0.25, 0.3) is 0 Å². The number of rotatable bonds is 6. The van der Waals surface area contributed by atoms with Crippen LogP contribution in [0.3, 0.4) is 0 Å². The van der Waals surface area contributed by atoms with Crippen molar-refractivity contribution in [1.29, 1.82) is 0 Å². The predicted molar refractivity (Wildman–Crippen MR) is 74.2 cm³/mol. The fraction of sp³-hybridized carbons (Fsp3) is 0.385. The molecule has 1 aromatic rings. The van der Waals surface area contributed by atoms with Gasteiger partial charge in [0, 0.05) is 12.7 Å². The molecule has 0 fully saturated rings. The van der Waals surface area contributed by atoms with Crippen molar-refractivity contribution in [3.63, 3.8) is 0 Å². The van der Waals surface area contributed by atoms with Crippen LogP contribution in [0.15, 0.2) is 24.3 Å². The first-order chi connectivity index (χ1) is 9.06. The Kier molecular flexibility index (Phi) is 6.21. The van der Waals surface area contributed by atoms with Crippen LogP contribution in [-0.2, 0) is 20.9 Å². The number of benzene rings is 1. The molecule has 0 saturated heterocycles. The highest BCUT2D eigenvalue weighted by atomic mass is 32.1. The Balaban J connectivity index is 2.54. The molecule has 0 aliphatic carbocycles. The maximum atomic E-state index is 11.7. The van der Waals surface area contributed by atoms with Crippen molar-refractivity contribution < 1.29 is 19.1 Å². The molecule has 1 N–H and O–H groups in total. The Hall–Kier alpha value is -1.69.